The first-order chi connectivity index (χ1) is 12.9. The first-order valence-electron chi connectivity index (χ1n) is 9.13. The molecule has 7 nitrogen and oxygen atoms in total. The Bertz CT molecular complexity index is 891. The van der Waals surface area contributed by atoms with Crippen molar-refractivity contribution in [1.82, 2.24) is 4.31 Å². The number of rotatable bonds is 4. The molecule has 0 spiro atoms. The summed E-state index contributed by atoms with van der Waals surface area (Å²) in [5, 5.41) is 0. The number of hydrogen-bond acceptors (Lipinski definition) is 6. The fourth-order valence-electron chi connectivity index (χ4n) is 3.16. The lowest BCUT2D eigenvalue weighted by Gasteiger charge is -2.32. The van der Waals surface area contributed by atoms with Crippen molar-refractivity contribution in [3.05, 3.63) is 41.5 Å². The van der Waals surface area contributed by atoms with Gasteiger partial charge in [-0.2, -0.15) is 0 Å². The summed E-state index contributed by atoms with van der Waals surface area (Å²) in [6, 6.07) is 5.49. The van der Waals surface area contributed by atoms with E-state index in [1.807, 2.05) is 34.6 Å². The molecule has 2 aliphatic rings. The van der Waals surface area contributed by atoms with E-state index in [0.717, 1.165) is 9.87 Å². The molecule has 28 heavy (non-hydrogen) atoms. The summed E-state index contributed by atoms with van der Waals surface area (Å²) in [7, 11) is -3.42. The predicted octanol–water partition coefficient (Wildman–Crippen LogP) is 2.45. The normalized spacial score (nSPS) is 23.6. The number of esters is 1. The maximum atomic E-state index is 13.2. The summed E-state index contributed by atoms with van der Waals surface area (Å²) < 4.78 is 44.3. The standard InChI is InChI=1S/C19H26BNO6S/c1-13-7-9-15(10-8-13)28(23,24)21-12-14(11-16(21)17(22)25-6)20-26-18(2,3)19(4,5)27-20/h7-10,12,16H,11H2,1-6H3. The maximum Gasteiger partial charge on any atom is 0.492 e. The number of methoxy groups -OCH3 is 1. The molecule has 9 heteroatoms. The van der Waals surface area contributed by atoms with E-state index in [9.17, 15) is 13.2 Å². The number of carbonyl (C=O) groups is 1. The molecule has 152 valence electrons. The van der Waals surface area contributed by atoms with Crippen LogP contribution in [0.1, 0.15) is 39.7 Å². The van der Waals surface area contributed by atoms with Crippen LogP contribution < -0.4 is 0 Å². The molecule has 2 heterocycles. The van der Waals surface area contributed by atoms with E-state index in [2.05, 4.69) is 0 Å². The van der Waals surface area contributed by atoms with Crippen LogP contribution in [-0.2, 0) is 28.9 Å². The second kappa shape index (κ2) is 6.90. The number of hydrogen-bond donors (Lipinski definition) is 0. The van der Waals surface area contributed by atoms with Gasteiger partial charge in [0, 0.05) is 6.20 Å². The van der Waals surface area contributed by atoms with E-state index in [1.165, 1.54) is 25.4 Å². The molecule has 1 aromatic carbocycles. The number of benzene rings is 1. The highest BCUT2D eigenvalue weighted by Crippen LogP contribution is 2.41. The van der Waals surface area contributed by atoms with Gasteiger partial charge in [-0.1, -0.05) is 17.7 Å². The Balaban J connectivity index is 1.98. The Hall–Kier alpha value is -1.84. The molecular formula is C19H26BNO6S. The van der Waals surface area contributed by atoms with Crippen LogP contribution in [0.4, 0.5) is 0 Å². The van der Waals surface area contributed by atoms with E-state index in [-0.39, 0.29) is 11.3 Å². The molecule has 2 aliphatic heterocycles. The van der Waals surface area contributed by atoms with Gasteiger partial charge >= 0.3 is 13.1 Å². The molecule has 1 saturated heterocycles. The number of sulfonamides is 1. The Morgan fingerprint density at radius 2 is 1.68 bits per heavy atom. The Morgan fingerprint density at radius 3 is 2.18 bits per heavy atom. The molecule has 0 N–H and O–H groups in total. The van der Waals surface area contributed by atoms with Gasteiger partial charge in [0.05, 0.1) is 23.2 Å². The molecule has 0 aromatic heterocycles. The highest BCUT2D eigenvalue weighted by Gasteiger charge is 2.54. The van der Waals surface area contributed by atoms with E-state index >= 15 is 0 Å². The van der Waals surface area contributed by atoms with Crippen molar-refractivity contribution >= 4 is 23.1 Å². The second-order valence-corrected chi connectivity index (χ2v) is 10.0. The average Bonchev–Trinajstić information content (AvgIpc) is 3.14. The van der Waals surface area contributed by atoms with Gasteiger partial charge < -0.3 is 14.0 Å². The summed E-state index contributed by atoms with van der Waals surface area (Å²) in [6.45, 7) is 9.55. The minimum Gasteiger partial charge on any atom is -0.467 e. The molecule has 0 amide bonds. The lowest BCUT2D eigenvalue weighted by Crippen LogP contribution is -2.41. The van der Waals surface area contributed by atoms with Crippen LogP contribution in [0.3, 0.4) is 0 Å². The monoisotopic (exact) mass is 407 g/mol. The largest absolute Gasteiger partial charge is 0.492 e. The van der Waals surface area contributed by atoms with Crippen LogP contribution in [0, 0.1) is 6.92 Å². The summed E-state index contributed by atoms with van der Waals surface area (Å²) in [6.07, 6.45) is 1.59. The van der Waals surface area contributed by atoms with Crippen molar-refractivity contribution in [3.63, 3.8) is 0 Å². The van der Waals surface area contributed by atoms with Crippen molar-refractivity contribution in [1.29, 1.82) is 0 Å². The molecule has 1 aromatic rings. The fraction of sp³-hybridized carbons (Fsp3) is 0.526. The molecule has 1 fully saturated rings. The molecule has 3 rings (SSSR count). The molecule has 0 saturated carbocycles. The first kappa shape index (κ1) is 20.9. The van der Waals surface area contributed by atoms with Crippen LogP contribution in [0.2, 0.25) is 0 Å². The zero-order chi connectivity index (χ0) is 20.9. The van der Waals surface area contributed by atoms with Gasteiger partial charge in [-0.15, -0.1) is 0 Å². The first-order valence-corrected chi connectivity index (χ1v) is 10.6. The van der Waals surface area contributed by atoms with Crippen LogP contribution in [0.5, 0.6) is 0 Å². The van der Waals surface area contributed by atoms with Gasteiger partial charge in [0.2, 0.25) is 0 Å². The number of aryl methyl sites for hydroxylation is 1. The Morgan fingerprint density at radius 1 is 1.14 bits per heavy atom. The summed E-state index contributed by atoms with van der Waals surface area (Å²) in [5.74, 6) is -0.626. The van der Waals surface area contributed by atoms with E-state index < -0.39 is 40.4 Å². The van der Waals surface area contributed by atoms with E-state index in [1.54, 1.807) is 12.1 Å². The lowest BCUT2D eigenvalue weighted by molar-refractivity contribution is -0.144. The molecule has 0 aliphatic carbocycles. The molecular weight excluding hydrogens is 381 g/mol. The minimum atomic E-state index is -3.93. The van der Waals surface area contributed by atoms with Gasteiger partial charge in [0.1, 0.15) is 6.04 Å². The number of carbonyl (C=O) groups excluding carboxylic acids is 1. The summed E-state index contributed by atoms with van der Waals surface area (Å²) in [5.41, 5.74) is 0.397. The number of ether oxygens (including phenoxy) is 1. The van der Waals surface area contributed by atoms with E-state index in [4.69, 9.17) is 14.0 Å². The van der Waals surface area contributed by atoms with Gasteiger partial charge in [0.25, 0.3) is 10.0 Å². The van der Waals surface area contributed by atoms with Crippen LogP contribution >= 0.6 is 0 Å². The SMILES string of the molecule is COC(=O)C1CC(B2OC(C)(C)C(C)(C)O2)=CN1S(=O)(=O)c1ccc(C)cc1. The van der Waals surface area contributed by atoms with Gasteiger partial charge in [-0.05, 0) is 58.6 Å². The number of nitrogens with zero attached hydrogens (tertiary/aromatic N) is 1. The van der Waals surface area contributed by atoms with Crippen molar-refractivity contribution in [3.8, 4) is 0 Å². The highest BCUT2D eigenvalue weighted by molar-refractivity contribution is 7.89. The predicted molar refractivity (Wildman–Crippen MR) is 105 cm³/mol. The van der Waals surface area contributed by atoms with Crippen molar-refractivity contribution in [2.75, 3.05) is 7.11 Å². The molecule has 1 atom stereocenters. The third-order valence-corrected chi connectivity index (χ3v) is 7.44. The zero-order valence-corrected chi connectivity index (χ0v) is 17.9. The summed E-state index contributed by atoms with van der Waals surface area (Å²) in [4.78, 5) is 12.4. The van der Waals surface area contributed by atoms with Gasteiger partial charge in [-0.25, -0.2) is 13.2 Å². The Kier molecular flexibility index (Phi) is 5.14. The maximum absolute atomic E-state index is 13.2. The molecule has 0 bridgehead atoms. The van der Waals surface area contributed by atoms with Crippen LogP contribution in [0.25, 0.3) is 0 Å². The summed E-state index contributed by atoms with van der Waals surface area (Å²) >= 11 is 0. The van der Waals surface area contributed by atoms with Crippen molar-refractivity contribution in [2.45, 2.75) is 63.2 Å². The smallest absolute Gasteiger partial charge is 0.467 e. The zero-order valence-electron chi connectivity index (χ0n) is 17.1. The second-order valence-electron chi connectivity index (χ2n) is 8.18. The van der Waals surface area contributed by atoms with Crippen molar-refractivity contribution in [2.24, 2.45) is 0 Å². The molecule has 0 radical (unpaired) electrons. The quantitative estimate of drug-likeness (QED) is 0.563. The highest BCUT2D eigenvalue weighted by atomic mass is 32.2. The van der Waals surface area contributed by atoms with Gasteiger partial charge in [-0.3, -0.25) is 4.31 Å². The average molecular weight is 407 g/mol. The minimum absolute atomic E-state index is 0.110. The topological polar surface area (TPSA) is 82.1 Å². The molecule has 1 unspecified atom stereocenters. The lowest BCUT2D eigenvalue weighted by atomic mass is 9.77. The Labute approximate surface area is 166 Å². The van der Waals surface area contributed by atoms with Crippen LogP contribution in [0.15, 0.2) is 40.8 Å². The van der Waals surface area contributed by atoms with E-state index in [0.29, 0.717) is 5.47 Å². The fourth-order valence-corrected chi connectivity index (χ4v) is 4.66. The third kappa shape index (κ3) is 3.47. The van der Waals surface area contributed by atoms with Crippen LogP contribution in [-0.4, -0.2) is 50.2 Å². The van der Waals surface area contributed by atoms with Crippen molar-refractivity contribution < 1.29 is 27.3 Å². The third-order valence-electron chi connectivity index (χ3n) is 5.65. The van der Waals surface area contributed by atoms with Gasteiger partial charge in [0.15, 0.2) is 0 Å².